The quantitative estimate of drug-likeness (QED) is 0.290. The van der Waals surface area contributed by atoms with Gasteiger partial charge in [0.2, 0.25) is 5.91 Å². The fourth-order valence-corrected chi connectivity index (χ4v) is 2.92. The summed E-state index contributed by atoms with van der Waals surface area (Å²) >= 11 is 0. The number of amides is 1. The second-order valence-electron chi connectivity index (χ2n) is 6.86. The SMILES string of the molecule is O=C(O)C=CC(=O)Nc1ccccc1C(=O)O.O=C(O)CCC(=O)c1cccc2ccccc12. The third-order valence-electron chi connectivity index (χ3n) is 4.45. The molecule has 0 aromatic heterocycles. The van der Waals surface area contributed by atoms with Crippen LogP contribution in [0.25, 0.3) is 10.8 Å². The molecule has 0 radical (unpaired) electrons. The summed E-state index contributed by atoms with van der Waals surface area (Å²) in [6.45, 7) is 0. The maximum absolute atomic E-state index is 11.9. The molecule has 0 heterocycles. The first-order valence-corrected chi connectivity index (χ1v) is 9.96. The average Bonchev–Trinajstić information content (AvgIpc) is 2.81. The Kier molecular flexibility index (Phi) is 9.21. The molecule has 0 saturated carbocycles. The number of ketones is 1. The van der Waals surface area contributed by atoms with Gasteiger partial charge in [0.15, 0.2) is 5.78 Å². The lowest BCUT2D eigenvalue weighted by atomic mass is 9.99. The Labute approximate surface area is 194 Å². The topological polar surface area (TPSA) is 158 Å². The zero-order valence-electron chi connectivity index (χ0n) is 17.8. The largest absolute Gasteiger partial charge is 0.481 e. The zero-order valence-corrected chi connectivity index (χ0v) is 17.8. The summed E-state index contributed by atoms with van der Waals surface area (Å²) < 4.78 is 0. The van der Waals surface area contributed by atoms with Crippen LogP contribution in [-0.2, 0) is 14.4 Å². The lowest BCUT2D eigenvalue weighted by Gasteiger charge is -2.05. The van der Waals surface area contributed by atoms with E-state index in [2.05, 4.69) is 5.32 Å². The van der Waals surface area contributed by atoms with E-state index in [1.54, 1.807) is 12.1 Å². The first-order valence-electron chi connectivity index (χ1n) is 9.96. The summed E-state index contributed by atoms with van der Waals surface area (Å²) in [6.07, 6.45) is 1.39. The highest BCUT2D eigenvalue weighted by atomic mass is 16.4. The normalized spacial score (nSPS) is 10.2. The van der Waals surface area contributed by atoms with Crippen molar-refractivity contribution < 1.29 is 39.3 Å². The van der Waals surface area contributed by atoms with E-state index in [1.165, 1.54) is 18.2 Å². The fraction of sp³-hybridized carbons (Fsp3) is 0.0800. The summed E-state index contributed by atoms with van der Waals surface area (Å²) in [5, 5.41) is 29.9. The van der Waals surface area contributed by atoms with Crippen LogP contribution in [0.2, 0.25) is 0 Å². The second kappa shape index (κ2) is 12.3. The lowest BCUT2D eigenvalue weighted by molar-refractivity contribution is -0.137. The van der Waals surface area contributed by atoms with Crippen LogP contribution in [0.4, 0.5) is 5.69 Å². The van der Waals surface area contributed by atoms with Gasteiger partial charge in [0.1, 0.15) is 0 Å². The first kappa shape index (κ1) is 25.5. The van der Waals surface area contributed by atoms with Crippen molar-refractivity contribution in [1.82, 2.24) is 0 Å². The summed E-state index contributed by atoms with van der Waals surface area (Å²) in [5.41, 5.74) is 0.647. The molecule has 1 amide bonds. The van der Waals surface area contributed by atoms with E-state index >= 15 is 0 Å². The Morgan fingerprint density at radius 2 is 1.32 bits per heavy atom. The van der Waals surface area contributed by atoms with Crippen LogP contribution in [-0.4, -0.2) is 44.9 Å². The summed E-state index contributed by atoms with van der Waals surface area (Å²) in [5.74, 6) is -4.21. The minimum Gasteiger partial charge on any atom is -0.481 e. The van der Waals surface area contributed by atoms with Crippen molar-refractivity contribution in [2.24, 2.45) is 0 Å². The molecule has 0 aliphatic carbocycles. The second-order valence-corrected chi connectivity index (χ2v) is 6.86. The number of hydrogen-bond acceptors (Lipinski definition) is 5. The van der Waals surface area contributed by atoms with Crippen LogP contribution in [0.1, 0.15) is 33.6 Å². The van der Waals surface area contributed by atoms with E-state index in [9.17, 15) is 24.0 Å². The Morgan fingerprint density at radius 3 is 2.00 bits per heavy atom. The summed E-state index contributed by atoms with van der Waals surface area (Å²) in [7, 11) is 0. The molecule has 0 atom stereocenters. The van der Waals surface area contributed by atoms with Crippen molar-refractivity contribution in [1.29, 1.82) is 0 Å². The molecule has 4 N–H and O–H groups in total. The number of aromatic carboxylic acids is 1. The van der Waals surface area contributed by atoms with Crippen LogP contribution >= 0.6 is 0 Å². The number of aliphatic carboxylic acids is 2. The molecule has 3 aromatic carbocycles. The molecule has 0 aliphatic rings. The average molecular weight is 463 g/mol. The summed E-state index contributed by atoms with van der Waals surface area (Å²) in [6, 6.07) is 18.9. The van der Waals surface area contributed by atoms with Gasteiger partial charge in [0.25, 0.3) is 0 Å². The van der Waals surface area contributed by atoms with Gasteiger partial charge >= 0.3 is 17.9 Å². The van der Waals surface area contributed by atoms with Gasteiger partial charge in [-0.05, 0) is 22.9 Å². The summed E-state index contributed by atoms with van der Waals surface area (Å²) in [4.78, 5) is 54.6. The number of fused-ring (bicyclic) bond motifs is 1. The highest BCUT2D eigenvalue weighted by Gasteiger charge is 2.11. The minimum absolute atomic E-state index is 0.0450. The molecule has 34 heavy (non-hydrogen) atoms. The van der Waals surface area contributed by atoms with E-state index in [-0.39, 0.29) is 29.9 Å². The van der Waals surface area contributed by atoms with Crippen LogP contribution in [0.3, 0.4) is 0 Å². The van der Waals surface area contributed by atoms with Gasteiger partial charge in [0, 0.05) is 24.1 Å². The van der Waals surface area contributed by atoms with Gasteiger partial charge in [0.05, 0.1) is 17.7 Å². The van der Waals surface area contributed by atoms with Crippen molar-refractivity contribution >= 4 is 46.1 Å². The number of anilines is 1. The van der Waals surface area contributed by atoms with Gasteiger partial charge in [-0.1, -0.05) is 54.6 Å². The number of rotatable bonds is 8. The molecule has 3 rings (SSSR count). The van der Waals surface area contributed by atoms with Crippen molar-refractivity contribution in [2.75, 3.05) is 5.32 Å². The highest BCUT2D eigenvalue weighted by molar-refractivity contribution is 6.08. The Hall–Kier alpha value is -4.79. The molecule has 174 valence electrons. The van der Waals surface area contributed by atoms with E-state index in [0.717, 1.165) is 16.8 Å². The molecule has 0 aliphatic heterocycles. The van der Waals surface area contributed by atoms with E-state index < -0.39 is 23.8 Å². The predicted octanol–water partition coefficient (Wildman–Crippen LogP) is 3.85. The number of hydrogen-bond donors (Lipinski definition) is 4. The number of benzene rings is 3. The molecule has 0 fully saturated rings. The number of para-hydroxylation sites is 1. The van der Waals surface area contributed by atoms with Gasteiger partial charge in [-0.2, -0.15) is 0 Å². The zero-order chi connectivity index (χ0) is 25.1. The maximum Gasteiger partial charge on any atom is 0.337 e. The molecule has 0 unspecified atom stereocenters. The fourth-order valence-electron chi connectivity index (χ4n) is 2.92. The number of carboxylic acid groups (broad SMARTS) is 3. The smallest absolute Gasteiger partial charge is 0.337 e. The number of Topliss-reactive ketones (excluding diaryl/α,β-unsaturated/α-hetero) is 1. The third kappa shape index (κ3) is 7.72. The van der Waals surface area contributed by atoms with Gasteiger partial charge < -0.3 is 20.6 Å². The number of carbonyl (C=O) groups excluding carboxylic acids is 2. The molecule has 0 saturated heterocycles. The predicted molar refractivity (Wildman–Crippen MR) is 124 cm³/mol. The molecule has 9 nitrogen and oxygen atoms in total. The monoisotopic (exact) mass is 463 g/mol. The van der Waals surface area contributed by atoms with Crippen molar-refractivity contribution in [3.63, 3.8) is 0 Å². The van der Waals surface area contributed by atoms with Crippen LogP contribution < -0.4 is 5.32 Å². The molecule has 0 spiro atoms. The Balaban J connectivity index is 0.000000240. The van der Waals surface area contributed by atoms with E-state index in [1.807, 2.05) is 36.4 Å². The Morgan fingerprint density at radius 1 is 0.706 bits per heavy atom. The number of carboxylic acids is 3. The van der Waals surface area contributed by atoms with Crippen LogP contribution in [0.15, 0.2) is 78.9 Å². The van der Waals surface area contributed by atoms with Crippen LogP contribution in [0.5, 0.6) is 0 Å². The van der Waals surface area contributed by atoms with E-state index in [4.69, 9.17) is 15.3 Å². The highest BCUT2D eigenvalue weighted by Crippen LogP contribution is 2.20. The lowest BCUT2D eigenvalue weighted by Crippen LogP contribution is -2.12. The number of carbonyl (C=O) groups is 5. The Bertz CT molecular complexity index is 1260. The minimum atomic E-state index is -1.26. The molecule has 9 heteroatoms. The molecule has 3 aromatic rings. The first-order chi connectivity index (χ1) is 16.2. The third-order valence-corrected chi connectivity index (χ3v) is 4.45. The van der Waals surface area contributed by atoms with Crippen molar-refractivity contribution in [2.45, 2.75) is 12.8 Å². The van der Waals surface area contributed by atoms with Crippen molar-refractivity contribution in [3.8, 4) is 0 Å². The van der Waals surface area contributed by atoms with Gasteiger partial charge in [-0.3, -0.25) is 14.4 Å². The van der Waals surface area contributed by atoms with Gasteiger partial charge in [-0.25, -0.2) is 9.59 Å². The van der Waals surface area contributed by atoms with Crippen LogP contribution in [0, 0.1) is 0 Å². The molecule has 0 bridgehead atoms. The molecular formula is C25H21NO8. The molecular weight excluding hydrogens is 442 g/mol. The standard InChI is InChI=1S/C14H12O3.C11H9NO5/c15-13(8-9-14(16)17)12-7-3-5-10-4-1-2-6-11(10)12;13-9(5-6-10(14)15)12-8-4-2-1-3-7(8)11(16)17/h1-7H,8-9H2,(H,16,17);1-6H,(H,12,13)(H,14,15)(H,16,17). The maximum atomic E-state index is 11.9. The van der Waals surface area contributed by atoms with E-state index in [0.29, 0.717) is 11.6 Å². The van der Waals surface area contributed by atoms with Gasteiger partial charge in [-0.15, -0.1) is 0 Å². The van der Waals surface area contributed by atoms with Crippen molar-refractivity contribution in [3.05, 3.63) is 90.0 Å². The number of nitrogens with one attached hydrogen (secondary N) is 1.